The van der Waals surface area contributed by atoms with Crippen LogP contribution in [0.5, 0.6) is 5.75 Å². The number of aromatic hydroxyl groups is 1. The highest BCUT2D eigenvalue weighted by atomic mass is 32.2. The summed E-state index contributed by atoms with van der Waals surface area (Å²) in [6.45, 7) is 2.28. The summed E-state index contributed by atoms with van der Waals surface area (Å²) in [4.78, 5) is 28.9. The van der Waals surface area contributed by atoms with Gasteiger partial charge in [0, 0.05) is 20.1 Å². The average molecular weight is 406 g/mol. The minimum absolute atomic E-state index is 0.0568. The van der Waals surface area contributed by atoms with Gasteiger partial charge >= 0.3 is 0 Å². The zero-order chi connectivity index (χ0) is 20.5. The fourth-order valence-electron chi connectivity index (χ4n) is 2.95. The number of carbonyl (C=O) groups is 1. The summed E-state index contributed by atoms with van der Waals surface area (Å²) in [5.41, 5.74) is 0.534. The highest BCUT2D eigenvalue weighted by Crippen LogP contribution is 2.22. The van der Waals surface area contributed by atoms with Gasteiger partial charge in [0.25, 0.3) is 11.5 Å². The van der Waals surface area contributed by atoms with Gasteiger partial charge in [-0.1, -0.05) is 29.8 Å². The number of rotatable bonds is 4. The Kier molecular flexibility index (Phi) is 5.41. The van der Waals surface area contributed by atoms with Gasteiger partial charge in [0.2, 0.25) is 21.7 Å². The summed E-state index contributed by atoms with van der Waals surface area (Å²) in [5, 5.41) is 12.7. The highest BCUT2D eigenvalue weighted by molar-refractivity contribution is 7.92. The van der Waals surface area contributed by atoms with Gasteiger partial charge in [0.15, 0.2) is 5.69 Å². The Hall–Kier alpha value is -2.88. The summed E-state index contributed by atoms with van der Waals surface area (Å²) in [6, 6.07) is 7.49. The second-order valence-corrected chi connectivity index (χ2v) is 8.75. The fourth-order valence-corrected chi connectivity index (χ4v) is 4.55. The van der Waals surface area contributed by atoms with Crippen LogP contribution in [0, 0.1) is 6.92 Å². The predicted molar refractivity (Wildman–Crippen MR) is 104 cm³/mol. The molecule has 1 amide bonds. The van der Waals surface area contributed by atoms with Gasteiger partial charge in [0.1, 0.15) is 0 Å². The third-order valence-electron chi connectivity index (χ3n) is 4.60. The Morgan fingerprint density at radius 3 is 2.57 bits per heavy atom. The molecule has 150 valence electrons. The van der Waals surface area contributed by atoms with E-state index in [0.717, 1.165) is 20.0 Å². The molecule has 1 fully saturated rings. The maximum atomic E-state index is 12.5. The van der Waals surface area contributed by atoms with Crippen LogP contribution in [0.4, 0.5) is 5.95 Å². The molecule has 0 unspecified atom stereocenters. The quantitative estimate of drug-likeness (QED) is 0.769. The van der Waals surface area contributed by atoms with Crippen LogP contribution in [-0.2, 0) is 23.6 Å². The van der Waals surface area contributed by atoms with E-state index in [9.17, 15) is 23.1 Å². The number of amides is 1. The van der Waals surface area contributed by atoms with Crippen LogP contribution in [0.15, 0.2) is 29.1 Å². The number of aryl methyl sites for hydroxylation is 1. The normalized spacial score (nSPS) is 16.0. The molecule has 2 N–H and O–H groups in total. The molecule has 3 rings (SSSR count). The van der Waals surface area contributed by atoms with Crippen molar-refractivity contribution in [2.75, 3.05) is 16.6 Å². The largest absolute Gasteiger partial charge is 0.501 e. The van der Waals surface area contributed by atoms with Crippen LogP contribution in [0.25, 0.3) is 0 Å². The van der Waals surface area contributed by atoms with E-state index in [1.807, 2.05) is 31.2 Å². The molecule has 0 radical (unpaired) electrons. The lowest BCUT2D eigenvalue weighted by atomic mass is 10.1. The Labute approximate surface area is 162 Å². The van der Waals surface area contributed by atoms with Crippen LogP contribution in [0.2, 0.25) is 0 Å². The first-order valence-corrected chi connectivity index (χ1v) is 10.5. The molecule has 0 bridgehead atoms. The van der Waals surface area contributed by atoms with Gasteiger partial charge in [-0.2, -0.15) is 0 Å². The number of anilines is 1. The molecule has 0 atom stereocenters. The van der Waals surface area contributed by atoms with Crippen molar-refractivity contribution in [3.63, 3.8) is 0 Å². The van der Waals surface area contributed by atoms with Crippen molar-refractivity contribution < 1.29 is 18.3 Å². The van der Waals surface area contributed by atoms with Crippen LogP contribution < -0.4 is 15.2 Å². The van der Waals surface area contributed by atoms with Crippen molar-refractivity contribution in [1.29, 1.82) is 0 Å². The zero-order valence-electron chi connectivity index (χ0n) is 15.7. The first-order valence-electron chi connectivity index (χ1n) is 8.85. The summed E-state index contributed by atoms with van der Waals surface area (Å²) >= 11 is 0. The van der Waals surface area contributed by atoms with Crippen LogP contribution in [-0.4, -0.2) is 41.3 Å². The highest BCUT2D eigenvalue weighted by Gasteiger charge is 2.31. The number of aromatic nitrogens is 2. The minimum atomic E-state index is -3.63. The maximum absolute atomic E-state index is 12.5. The number of hydrogen-bond acceptors (Lipinski definition) is 6. The fraction of sp³-hybridized carbons (Fsp3) is 0.389. The van der Waals surface area contributed by atoms with Gasteiger partial charge in [-0.3, -0.25) is 14.2 Å². The topological polar surface area (TPSA) is 122 Å². The predicted octanol–water partition coefficient (Wildman–Crippen LogP) is 0.654. The van der Waals surface area contributed by atoms with Crippen molar-refractivity contribution in [2.24, 2.45) is 7.05 Å². The Morgan fingerprint density at radius 1 is 1.25 bits per heavy atom. The number of nitrogens with zero attached hydrogens (tertiary/aromatic N) is 3. The van der Waals surface area contributed by atoms with Gasteiger partial charge in [-0.05, 0) is 25.3 Å². The Bertz CT molecular complexity index is 1060. The summed E-state index contributed by atoms with van der Waals surface area (Å²) in [5.74, 6) is -1.81. The molecule has 1 aromatic carbocycles. The Morgan fingerprint density at radius 2 is 1.93 bits per heavy atom. The van der Waals surface area contributed by atoms with E-state index in [1.54, 1.807) is 0 Å². The van der Waals surface area contributed by atoms with Crippen molar-refractivity contribution in [1.82, 2.24) is 14.9 Å². The van der Waals surface area contributed by atoms with E-state index < -0.39 is 32.9 Å². The number of nitrogens with one attached hydrogen (secondary N) is 1. The smallest absolute Gasteiger partial charge is 0.297 e. The lowest BCUT2D eigenvalue weighted by molar-refractivity contribution is 0.0942. The average Bonchev–Trinajstić information content (AvgIpc) is 2.66. The molecule has 10 heteroatoms. The third kappa shape index (κ3) is 3.86. The van der Waals surface area contributed by atoms with E-state index in [-0.39, 0.29) is 24.8 Å². The second-order valence-electron chi connectivity index (χ2n) is 6.74. The summed E-state index contributed by atoms with van der Waals surface area (Å²) in [6.07, 6.45) is 1.14. The first kappa shape index (κ1) is 19.9. The van der Waals surface area contributed by atoms with Gasteiger partial charge in [-0.15, -0.1) is 0 Å². The van der Waals surface area contributed by atoms with Gasteiger partial charge < -0.3 is 10.4 Å². The molecule has 0 aliphatic carbocycles. The standard InChI is InChI=1S/C18H22N4O5S/c1-12-5-7-13(8-6-12)11-19-16(24)14-15(23)17(25)21(2)18(20-14)22-9-3-4-10-28(22,26)27/h5-8,23H,3-4,9-11H2,1-2H3,(H,19,24). The van der Waals surface area contributed by atoms with Crippen molar-refractivity contribution in [3.8, 4) is 5.75 Å². The van der Waals surface area contributed by atoms with Crippen molar-refractivity contribution in [3.05, 3.63) is 51.4 Å². The molecular weight excluding hydrogens is 384 g/mol. The third-order valence-corrected chi connectivity index (χ3v) is 6.43. The van der Waals surface area contributed by atoms with Crippen LogP contribution >= 0.6 is 0 Å². The maximum Gasteiger partial charge on any atom is 0.297 e. The number of sulfonamides is 1. The molecule has 2 heterocycles. The van der Waals surface area contributed by atoms with Crippen LogP contribution in [0.1, 0.15) is 34.5 Å². The minimum Gasteiger partial charge on any atom is -0.501 e. The number of benzene rings is 1. The Balaban J connectivity index is 1.92. The van der Waals surface area contributed by atoms with E-state index in [2.05, 4.69) is 10.3 Å². The molecule has 1 aliphatic rings. The van der Waals surface area contributed by atoms with Crippen molar-refractivity contribution >= 4 is 21.9 Å². The SMILES string of the molecule is Cc1ccc(CNC(=O)c2nc(N3CCCCS3(=O)=O)n(C)c(=O)c2O)cc1. The molecule has 28 heavy (non-hydrogen) atoms. The molecule has 9 nitrogen and oxygen atoms in total. The molecule has 1 aliphatic heterocycles. The van der Waals surface area contributed by atoms with E-state index in [0.29, 0.717) is 12.8 Å². The van der Waals surface area contributed by atoms with Crippen LogP contribution in [0.3, 0.4) is 0 Å². The molecule has 0 saturated carbocycles. The first-order chi connectivity index (χ1) is 13.2. The van der Waals surface area contributed by atoms with E-state index >= 15 is 0 Å². The zero-order valence-corrected chi connectivity index (χ0v) is 16.5. The van der Waals surface area contributed by atoms with E-state index in [1.165, 1.54) is 7.05 Å². The lowest BCUT2D eigenvalue weighted by Crippen LogP contribution is -2.42. The van der Waals surface area contributed by atoms with Crippen molar-refractivity contribution in [2.45, 2.75) is 26.3 Å². The van der Waals surface area contributed by atoms with Gasteiger partial charge in [-0.25, -0.2) is 17.7 Å². The monoisotopic (exact) mass is 406 g/mol. The molecule has 2 aromatic rings. The van der Waals surface area contributed by atoms with E-state index in [4.69, 9.17) is 0 Å². The molecule has 0 spiro atoms. The van der Waals surface area contributed by atoms with Gasteiger partial charge in [0.05, 0.1) is 5.75 Å². The molecular formula is C18H22N4O5S. The molecule has 1 aromatic heterocycles. The summed E-state index contributed by atoms with van der Waals surface area (Å²) < 4.78 is 26.7. The number of carbonyl (C=O) groups excluding carboxylic acids is 1. The lowest BCUT2D eigenvalue weighted by Gasteiger charge is -2.28. The second kappa shape index (κ2) is 7.63. The summed E-state index contributed by atoms with van der Waals surface area (Å²) in [7, 11) is -2.32. The number of hydrogen-bond donors (Lipinski definition) is 2. The molecule has 1 saturated heterocycles.